The van der Waals surface area contributed by atoms with Gasteiger partial charge in [-0.1, -0.05) is 48.5 Å². The molecule has 4 aromatic rings. The summed E-state index contributed by atoms with van der Waals surface area (Å²) in [5.74, 6) is 1.28. The number of hydrogen-bond donors (Lipinski definition) is 1. The van der Waals surface area contributed by atoms with Crippen molar-refractivity contribution in [2.45, 2.75) is 0 Å². The Hall–Kier alpha value is -3.66. The molecular formula is C24H19FN2O. The molecule has 0 amide bonds. The van der Waals surface area contributed by atoms with Crippen LogP contribution in [-0.2, 0) is 0 Å². The van der Waals surface area contributed by atoms with Gasteiger partial charge < -0.3 is 10.1 Å². The van der Waals surface area contributed by atoms with Gasteiger partial charge in [0.2, 0.25) is 0 Å². The molecule has 0 saturated heterocycles. The number of benzene rings is 3. The summed E-state index contributed by atoms with van der Waals surface area (Å²) < 4.78 is 19.5. The number of aromatic nitrogens is 1. The number of nitrogens with zero attached hydrogens (tertiary/aromatic N) is 1. The highest BCUT2D eigenvalue weighted by molar-refractivity contribution is 5.85. The molecule has 4 heteroatoms. The van der Waals surface area contributed by atoms with Crippen LogP contribution in [0.4, 0.5) is 15.9 Å². The minimum atomic E-state index is -0.247. The zero-order chi connectivity index (χ0) is 19.3. The SMILES string of the molecule is COc1ccc(-c2ccc(-c3ccccc3F)cc2Nc2ccccn2)cc1. The first kappa shape index (κ1) is 17.7. The maximum Gasteiger partial charge on any atom is 0.131 e. The Labute approximate surface area is 163 Å². The van der Waals surface area contributed by atoms with Crippen molar-refractivity contribution in [3.8, 4) is 28.0 Å². The molecule has 0 aliphatic carbocycles. The van der Waals surface area contributed by atoms with Crippen LogP contribution in [0, 0.1) is 5.82 Å². The molecule has 0 unspecified atom stereocenters. The van der Waals surface area contributed by atoms with Crippen molar-refractivity contribution in [1.82, 2.24) is 4.98 Å². The largest absolute Gasteiger partial charge is 0.497 e. The lowest BCUT2D eigenvalue weighted by Crippen LogP contribution is -1.96. The third-order valence-corrected chi connectivity index (χ3v) is 4.53. The first-order valence-electron chi connectivity index (χ1n) is 8.96. The monoisotopic (exact) mass is 370 g/mol. The lowest BCUT2D eigenvalue weighted by atomic mass is 9.97. The molecular weight excluding hydrogens is 351 g/mol. The summed E-state index contributed by atoms with van der Waals surface area (Å²) in [6.45, 7) is 0. The van der Waals surface area contributed by atoms with E-state index in [4.69, 9.17) is 4.74 Å². The van der Waals surface area contributed by atoms with Crippen molar-refractivity contribution in [1.29, 1.82) is 0 Å². The quantitative estimate of drug-likeness (QED) is 0.447. The molecule has 1 aromatic heterocycles. The molecule has 3 nitrogen and oxygen atoms in total. The summed E-state index contributed by atoms with van der Waals surface area (Å²) in [5.41, 5.74) is 4.24. The van der Waals surface area contributed by atoms with Crippen LogP contribution in [0.15, 0.2) is 91.1 Å². The number of anilines is 2. The van der Waals surface area contributed by atoms with Gasteiger partial charge in [0.15, 0.2) is 0 Å². The van der Waals surface area contributed by atoms with Crippen molar-refractivity contribution in [3.63, 3.8) is 0 Å². The summed E-state index contributed by atoms with van der Waals surface area (Å²) >= 11 is 0. The van der Waals surface area contributed by atoms with E-state index in [1.54, 1.807) is 25.4 Å². The molecule has 1 N–H and O–H groups in total. The Bertz CT molecular complexity index is 1080. The maximum atomic E-state index is 14.3. The molecule has 138 valence electrons. The van der Waals surface area contributed by atoms with Gasteiger partial charge in [0.1, 0.15) is 17.4 Å². The van der Waals surface area contributed by atoms with Crippen molar-refractivity contribution in [2.75, 3.05) is 12.4 Å². The first-order valence-corrected chi connectivity index (χ1v) is 8.96. The van der Waals surface area contributed by atoms with E-state index in [9.17, 15) is 4.39 Å². The number of pyridine rings is 1. The van der Waals surface area contributed by atoms with E-state index in [0.29, 0.717) is 5.56 Å². The number of hydrogen-bond acceptors (Lipinski definition) is 3. The summed E-state index contributed by atoms with van der Waals surface area (Å²) in [6.07, 6.45) is 1.73. The van der Waals surface area contributed by atoms with E-state index in [0.717, 1.165) is 33.9 Å². The van der Waals surface area contributed by atoms with Gasteiger partial charge in [-0.2, -0.15) is 0 Å². The molecule has 0 aliphatic rings. The third kappa shape index (κ3) is 3.71. The fraction of sp³-hybridized carbons (Fsp3) is 0.0417. The molecule has 3 aromatic carbocycles. The molecule has 1 heterocycles. The van der Waals surface area contributed by atoms with Crippen molar-refractivity contribution < 1.29 is 9.13 Å². The Kier molecular flexibility index (Phi) is 5.02. The van der Waals surface area contributed by atoms with Gasteiger partial charge in [-0.25, -0.2) is 9.37 Å². The zero-order valence-electron chi connectivity index (χ0n) is 15.4. The Morgan fingerprint density at radius 3 is 2.25 bits per heavy atom. The third-order valence-electron chi connectivity index (χ3n) is 4.53. The maximum absolute atomic E-state index is 14.3. The second-order valence-corrected chi connectivity index (χ2v) is 6.31. The van der Waals surface area contributed by atoms with Crippen LogP contribution in [0.5, 0.6) is 5.75 Å². The van der Waals surface area contributed by atoms with Crippen LogP contribution in [0.2, 0.25) is 0 Å². The minimum Gasteiger partial charge on any atom is -0.497 e. The zero-order valence-corrected chi connectivity index (χ0v) is 15.4. The molecule has 0 spiro atoms. The molecule has 0 radical (unpaired) electrons. The predicted octanol–water partition coefficient (Wildman–Crippen LogP) is 6.31. The average molecular weight is 370 g/mol. The van der Waals surface area contributed by atoms with E-state index in [1.165, 1.54) is 6.07 Å². The number of methoxy groups -OCH3 is 1. The molecule has 0 atom stereocenters. The van der Waals surface area contributed by atoms with Crippen LogP contribution in [0.3, 0.4) is 0 Å². The predicted molar refractivity (Wildman–Crippen MR) is 111 cm³/mol. The van der Waals surface area contributed by atoms with Crippen molar-refractivity contribution in [3.05, 3.63) is 96.9 Å². The normalized spacial score (nSPS) is 10.5. The highest BCUT2D eigenvalue weighted by Gasteiger charge is 2.11. The Morgan fingerprint density at radius 1 is 0.786 bits per heavy atom. The van der Waals surface area contributed by atoms with Gasteiger partial charge in [-0.15, -0.1) is 0 Å². The molecule has 0 fully saturated rings. The fourth-order valence-electron chi connectivity index (χ4n) is 3.11. The van der Waals surface area contributed by atoms with Gasteiger partial charge in [-0.3, -0.25) is 0 Å². The molecule has 0 bridgehead atoms. The fourth-order valence-corrected chi connectivity index (χ4v) is 3.11. The smallest absolute Gasteiger partial charge is 0.131 e. The van der Waals surface area contributed by atoms with E-state index < -0.39 is 0 Å². The van der Waals surface area contributed by atoms with Crippen molar-refractivity contribution in [2.24, 2.45) is 0 Å². The lowest BCUT2D eigenvalue weighted by molar-refractivity contribution is 0.415. The molecule has 4 rings (SSSR count). The van der Waals surface area contributed by atoms with Gasteiger partial charge in [0.25, 0.3) is 0 Å². The minimum absolute atomic E-state index is 0.247. The van der Waals surface area contributed by atoms with Crippen LogP contribution in [0.1, 0.15) is 0 Å². The summed E-state index contributed by atoms with van der Waals surface area (Å²) in [4.78, 5) is 4.35. The van der Waals surface area contributed by atoms with Crippen LogP contribution < -0.4 is 10.1 Å². The number of ether oxygens (including phenoxy) is 1. The van der Waals surface area contributed by atoms with Crippen molar-refractivity contribution >= 4 is 11.5 Å². The Balaban J connectivity index is 1.81. The number of rotatable bonds is 5. The van der Waals surface area contributed by atoms with Crippen LogP contribution in [0.25, 0.3) is 22.3 Å². The second kappa shape index (κ2) is 7.92. The van der Waals surface area contributed by atoms with Gasteiger partial charge in [0, 0.05) is 23.0 Å². The highest BCUT2D eigenvalue weighted by Crippen LogP contribution is 2.35. The Morgan fingerprint density at radius 2 is 1.54 bits per heavy atom. The molecule has 28 heavy (non-hydrogen) atoms. The van der Waals surface area contributed by atoms with Crippen LogP contribution >= 0.6 is 0 Å². The summed E-state index contributed by atoms with van der Waals surface area (Å²) in [5, 5.41) is 3.36. The number of nitrogens with one attached hydrogen (secondary N) is 1. The number of halogens is 1. The second-order valence-electron chi connectivity index (χ2n) is 6.31. The molecule has 0 aliphatic heterocycles. The topological polar surface area (TPSA) is 34.1 Å². The standard InChI is InChI=1S/C24H19FN2O/c1-28-19-12-9-17(10-13-19)21-14-11-18(20-6-2-3-7-22(20)25)16-23(21)27-24-8-4-5-15-26-24/h2-16H,1H3,(H,26,27). The average Bonchev–Trinajstić information content (AvgIpc) is 2.75. The van der Waals surface area contributed by atoms with E-state index in [-0.39, 0.29) is 5.82 Å². The van der Waals surface area contributed by atoms with Gasteiger partial charge >= 0.3 is 0 Å². The first-order chi connectivity index (χ1) is 13.7. The molecule has 0 saturated carbocycles. The van der Waals surface area contributed by atoms with Gasteiger partial charge in [0.05, 0.1) is 7.11 Å². The highest BCUT2D eigenvalue weighted by atomic mass is 19.1. The van der Waals surface area contributed by atoms with Gasteiger partial charge in [-0.05, 0) is 47.5 Å². The van der Waals surface area contributed by atoms with E-state index in [1.807, 2.05) is 66.7 Å². The van der Waals surface area contributed by atoms with E-state index >= 15 is 0 Å². The van der Waals surface area contributed by atoms with Crippen LogP contribution in [-0.4, -0.2) is 12.1 Å². The summed E-state index contributed by atoms with van der Waals surface area (Å²) in [6, 6.07) is 26.2. The lowest BCUT2D eigenvalue weighted by Gasteiger charge is -2.15. The summed E-state index contributed by atoms with van der Waals surface area (Å²) in [7, 11) is 1.65. The van der Waals surface area contributed by atoms with E-state index in [2.05, 4.69) is 10.3 Å².